The van der Waals surface area contributed by atoms with Gasteiger partial charge in [-0.05, 0) is 32.0 Å². The lowest BCUT2D eigenvalue weighted by atomic mass is 10.1. The maximum atomic E-state index is 9.55. The van der Waals surface area contributed by atoms with Gasteiger partial charge in [0.1, 0.15) is 11.3 Å². The molecule has 0 saturated carbocycles. The molecule has 156 valence electrons. The highest BCUT2D eigenvalue weighted by atomic mass is 15.3. The number of nitrogens with one attached hydrogen (secondary N) is 2. The van der Waals surface area contributed by atoms with Crippen molar-refractivity contribution in [3.63, 3.8) is 0 Å². The lowest BCUT2D eigenvalue weighted by Gasteiger charge is -2.29. The monoisotopic (exact) mass is 413 g/mol. The zero-order valence-corrected chi connectivity index (χ0v) is 17.5. The van der Waals surface area contributed by atoms with Crippen molar-refractivity contribution in [1.29, 1.82) is 5.26 Å². The van der Waals surface area contributed by atoms with E-state index in [1.807, 2.05) is 23.0 Å². The van der Waals surface area contributed by atoms with Crippen LogP contribution in [0.5, 0.6) is 0 Å². The third-order valence-electron chi connectivity index (χ3n) is 5.51. The minimum absolute atomic E-state index is 0.139. The lowest BCUT2D eigenvalue weighted by molar-refractivity contribution is 0.552. The summed E-state index contributed by atoms with van der Waals surface area (Å²) in [6, 6.07) is 8.22. The number of hydrogen-bond acceptors (Lipinski definition) is 8. The molecule has 9 nitrogen and oxygen atoms in total. The molecule has 0 aliphatic carbocycles. The molecule has 0 radical (unpaired) electrons. The first-order valence-corrected chi connectivity index (χ1v) is 10.4. The SMILES string of the molecule is CC(C)n1ncc2c(C#N)cc3cnc(Nc4ccc(N5CCNCC5)cn4)nc3c21. The maximum Gasteiger partial charge on any atom is 0.228 e. The Labute approximate surface area is 179 Å². The molecule has 4 aromatic rings. The number of aromatic nitrogens is 5. The molecule has 0 bridgehead atoms. The predicted octanol–water partition coefficient (Wildman–Crippen LogP) is 2.98. The Balaban J connectivity index is 1.50. The number of hydrogen-bond donors (Lipinski definition) is 2. The fraction of sp³-hybridized carbons (Fsp3) is 0.318. The molecule has 1 aliphatic rings. The fourth-order valence-corrected chi connectivity index (χ4v) is 3.94. The van der Waals surface area contributed by atoms with Crippen molar-refractivity contribution in [3.8, 4) is 6.07 Å². The van der Waals surface area contributed by atoms with Crippen LogP contribution in [0.25, 0.3) is 21.8 Å². The van der Waals surface area contributed by atoms with Crippen LogP contribution in [-0.2, 0) is 0 Å². The molecule has 31 heavy (non-hydrogen) atoms. The number of benzene rings is 1. The van der Waals surface area contributed by atoms with Gasteiger partial charge in [0.05, 0.1) is 35.2 Å². The molecule has 4 heterocycles. The summed E-state index contributed by atoms with van der Waals surface area (Å²) < 4.78 is 1.90. The topological polar surface area (TPSA) is 108 Å². The Morgan fingerprint density at radius 2 is 1.97 bits per heavy atom. The highest BCUT2D eigenvalue weighted by Crippen LogP contribution is 2.29. The Morgan fingerprint density at radius 3 is 2.68 bits per heavy atom. The number of anilines is 3. The van der Waals surface area contributed by atoms with Crippen molar-refractivity contribution in [2.75, 3.05) is 36.4 Å². The van der Waals surface area contributed by atoms with E-state index in [0.29, 0.717) is 17.3 Å². The van der Waals surface area contributed by atoms with Gasteiger partial charge in [-0.15, -0.1) is 0 Å². The van der Waals surface area contributed by atoms with E-state index in [1.54, 1.807) is 12.4 Å². The minimum Gasteiger partial charge on any atom is -0.368 e. The molecular formula is C22H23N9. The van der Waals surface area contributed by atoms with E-state index in [4.69, 9.17) is 4.98 Å². The van der Waals surface area contributed by atoms with E-state index in [9.17, 15) is 5.26 Å². The van der Waals surface area contributed by atoms with Crippen molar-refractivity contribution in [2.45, 2.75) is 19.9 Å². The molecule has 0 atom stereocenters. The summed E-state index contributed by atoms with van der Waals surface area (Å²) in [5, 5.41) is 22.2. The second kappa shape index (κ2) is 7.81. The molecule has 1 fully saturated rings. The second-order valence-corrected chi connectivity index (χ2v) is 7.88. The van der Waals surface area contributed by atoms with Gasteiger partial charge in [0.15, 0.2) is 0 Å². The predicted molar refractivity (Wildman–Crippen MR) is 121 cm³/mol. The molecule has 5 rings (SSSR count). The highest BCUT2D eigenvalue weighted by Gasteiger charge is 2.16. The van der Waals surface area contributed by atoms with Crippen LogP contribution in [0.2, 0.25) is 0 Å². The van der Waals surface area contributed by atoms with Gasteiger partial charge in [-0.2, -0.15) is 10.4 Å². The molecule has 1 saturated heterocycles. The summed E-state index contributed by atoms with van der Waals surface area (Å²) in [4.78, 5) is 16.0. The van der Waals surface area contributed by atoms with Crippen LogP contribution in [0.1, 0.15) is 25.5 Å². The standard InChI is InChI=1S/C22H23N9/c1-14(2)31-21-18(13-27-31)15(10-23)9-16-11-26-22(29-20(16)21)28-19-4-3-17(12-25-19)30-7-5-24-6-8-30/h3-4,9,11-14,24H,5-8H2,1-2H3,(H,25,26,28,29). The third kappa shape index (κ3) is 3.51. The van der Waals surface area contributed by atoms with Crippen LogP contribution in [0.4, 0.5) is 17.5 Å². The zero-order valence-electron chi connectivity index (χ0n) is 17.5. The summed E-state index contributed by atoms with van der Waals surface area (Å²) in [5.74, 6) is 1.14. The van der Waals surface area contributed by atoms with Crippen LogP contribution in [0.3, 0.4) is 0 Å². The third-order valence-corrected chi connectivity index (χ3v) is 5.51. The minimum atomic E-state index is 0.139. The van der Waals surface area contributed by atoms with Crippen LogP contribution in [0.15, 0.2) is 36.8 Å². The highest BCUT2D eigenvalue weighted by molar-refractivity contribution is 6.06. The quantitative estimate of drug-likeness (QED) is 0.526. The van der Waals surface area contributed by atoms with E-state index in [0.717, 1.165) is 53.7 Å². The van der Waals surface area contributed by atoms with E-state index >= 15 is 0 Å². The van der Waals surface area contributed by atoms with E-state index in [1.165, 1.54) is 0 Å². The first-order chi connectivity index (χ1) is 15.1. The van der Waals surface area contributed by atoms with Gasteiger partial charge >= 0.3 is 0 Å². The summed E-state index contributed by atoms with van der Waals surface area (Å²) in [7, 11) is 0. The molecular weight excluding hydrogens is 390 g/mol. The second-order valence-electron chi connectivity index (χ2n) is 7.88. The van der Waals surface area contributed by atoms with E-state index < -0.39 is 0 Å². The van der Waals surface area contributed by atoms with Gasteiger partial charge < -0.3 is 15.5 Å². The van der Waals surface area contributed by atoms with Crippen LogP contribution in [0, 0.1) is 11.3 Å². The summed E-state index contributed by atoms with van der Waals surface area (Å²) >= 11 is 0. The maximum absolute atomic E-state index is 9.55. The van der Waals surface area contributed by atoms with Gasteiger partial charge in [-0.25, -0.2) is 15.0 Å². The number of piperazine rings is 1. The van der Waals surface area contributed by atoms with Gasteiger partial charge in [-0.1, -0.05) is 0 Å². The van der Waals surface area contributed by atoms with E-state index in [-0.39, 0.29) is 6.04 Å². The molecule has 0 unspecified atom stereocenters. The number of nitriles is 1. The van der Waals surface area contributed by atoms with Crippen molar-refractivity contribution in [1.82, 2.24) is 30.0 Å². The Bertz CT molecular complexity index is 1280. The van der Waals surface area contributed by atoms with Crippen molar-refractivity contribution in [3.05, 3.63) is 42.4 Å². The van der Waals surface area contributed by atoms with Crippen LogP contribution in [-0.4, -0.2) is 50.9 Å². The smallest absolute Gasteiger partial charge is 0.228 e. The lowest BCUT2D eigenvalue weighted by Crippen LogP contribution is -2.43. The first-order valence-electron chi connectivity index (χ1n) is 10.4. The van der Waals surface area contributed by atoms with Crippen LogP contribution < -0.4 is 15.5 Å². The molecule has 0 amide bonds. The molecule has 1 aliphatic heterocycles. The van der Waals surface area contributed by atoms with Crippen molar-refractivity contribution < 1.29 is 0 Å². The summed E-state index contributed by atoms with van der Waals surface area (Å²) in [5.41, 5.74) is 3.29. The molecule has 2 N–H and O–H groups in total. The number of fused-ring (bicyclic) bond motifs is 3. The Hall–Kier alpha value is -3.77. The molecule has 3 aromatic heterocycles. The largest absolute Gasteiger partial charge is 0.368 e. The van der Waals surface area contributed by atoms with Crippen molar-refractivity contribution in [2.24, 2.45) is 0 Å². The normalized spacial score (nSPS) is 14.3. The summed E-state index contributed by atoms with van der Waals surface area (Å²) in [6.07, 6.45) is 5.34. The van der Waals surface area contributed by atoms with Crippen LogP contribution >= 0.6 is 0 Å². The number of nitrogens with zero attached hydrogens (tertiary/aromatic N) is 7. The average molecular weight is 413 g/mol. The Kier molecular flexibility index (Phi) is 4.84. The van der Waals surface area contributed by atoms with Gasteiger partial charge in [0, 0.05) is 49.2 Å². The van der Waals surface area contributed by atoms with Crippen molar-refractivity contribution >= 4 is 39.3 Å². The first kappa shape index (κ1) is 19.2. The number of rotatable bonds is 4. The fourth-order valence-electron chi connectivity index (χ4n) is 3.94. The van der Waals surface area contributed by atoms with Gasteiger partial charge in [-0.3, -0.25) is 4.68 Å². The van der Waals surface area contributed by atoms with Gasteiger partial charge in [0.25, 0.3) is 0 Å². The van der Waals surface area contributed by atoms with E-state index in [2.05, 4.69) is 56.6 Å². The number of pyridine rings is 1. The molecule has 9 heteroatoms. The van der Waals surface area contributed by atoms with Gasteiger partial charge in [0.2, 0.25) is 5.95 Å². The zero-order chi connectivity index (χ0) is 21.4. The average Bonchev–Trinajstić information content (AvgIpc) is 3.26. The Morgan fingerprint density at radius 1 is 1.13 bits per heavy atom. The molecule has 0 spiro atoms. The summed E-state index contributed by atoms with van der Waals surface area (Å²) in [6.45, 7) is 8.04. The molecule has 1 aromatic carbocycles.